The number of hydrogen-bond acceptors (Lipinski definition) is 4. The molecule has 114 valence electrons. The van der Waals surface area contributed by atoms with Gasteiger partial charge in [-0.1, -0.05) is 30.3 Å². The third kappa shape index (κ3) is 6.28. The van der Waals surface area contributed by atoms with Gasteiger partial charge in [0.15, 0.2) is 0 Å². The van der Waals surface area contributed by atoms with Gasteiger partial charge in [0.1, 0.15) is 0 Å². The van der Waals surface area contributed by atoms with Crippen molar-refractivity contribution in [3.63, 3.8) is 0 Å². The highest BCUT2D eigenvalue weighted by atomic mass is 79.9. The number of aliphatic hydroxyl groups is 1. The number of nitrogens with zero attached hydrogens (tertiary/aromatic N) is 1. The lowest BCUT2D eigenvalue weighted by molar-refractivity contribution is 0.0127. The van der Waals surface area contributed by atoms with Gasteiger partial charge < -0.3 is 9.84 Å². The molecular weight excluding hydrogens is 350 g/mol. The molecule has 0 saturated heterocycles. The molecule has 1 atom stereocenters. The maximum absolute atomic E-state index is 10.0. The summed E-state index contributed by atoms with van der Waals surface area (Å²) in [6.07, 6.45) is -0.471. The lowest BCUT2D eigenvalue weighted by Gasteiger charge is -2.20. The Morgan fingerprint density at radius 2 is 2.05 bits per heavy atom. The molecule has 0 spiro atoms. The van der Waals surface area contributed by atoms with Crippen molar-refractivity contribution in [2.45, 2.75) is 19.3 Å². The van der Waals surface area contributed by atoms with Gasteiger partial charge in [0.2, 0.25) is 0 Å². The van der Waals surface area contributed by atoms with Gasteiger partial charge in [0.05, 0.1) is 23.1 Å². The summed E-state index contributed by atoms with van der Waals surface area (Å²) < 4.78 is 6.69. The van der Waals surface area contributed by atoms with Crippen LogP contribution in [-0.2, 0) is 17.9 Å². The summed E-state index contributed by atoms with van der Waals surface area (Å²) in [5.41, 5.74) is 2.38. The lowest BCUT2D eigenvalue weighted by Crippen LogP contribution is -2.31. The van der Waals surface area contributed by atoms with Crippen molar-refractivity contribution in [2.75, 3.05) is 20.2 Å². The predicted octanol–water partition coefficient (Wildman–Crippen LogP) is 3.52. The molecule has 3 nitrogen and oxygen atoms in total. The van der Waals surface area contributed by atoms with E-state index < -0.39 is 6.10 Å². The molecule has 0 saturated carbocycles. The highest BCUT2D eigenvalue weighted by molar-refractivity contribution is 9.11. The summed E-state index contributed by atoms with van der Waals surface area (Å²) in [6.45, 7) is 2.33. The minimum atomic E-state index is -0.471. The average molecular weight is 370 g/mol. The maximum Gasteiger partial charge on any atom is 0.0900 e. The Balaban J connectivity index is 1.65. The van der Waals surface area contributed by atoms with E-state index in [-0.39, 0.29) is 0 Å². The van der Waals surface area contributed by atoms with Crippen molar-refractivity contribution in [3.05, 3.63) is 56.7 Å². The highest BCUT2D eigenvalue weighted by Gasteiger charge is 2.10. The van der Waals surface area contributed by atoms with Gasteiger partial charge in [-0.25, -0.2) is 0 Å². The molecule has 0 amide bonds. The number of aliphatic hydroxyl groups excluding tert-OH is 1. The molecule has 0 bridgehead atoms. The predicted molar refractivity (Wildman–Crippen MR) is 90.5 cm³/mol. The summed E-state index contributed by atoms with van der Waals surface area (Å²) in [5, 5.41) is 12.1. The first-order valence-electron chi connectivity index (χ1n) is 6.84. The molecule has 1 unspecified atom stereocenters. The molecular formula is C16H20BrNO2S. The van der Waals surface area contributed by atoms with Gasteiger partial charge in [-0.15, -0.1) is 11.3 Å². The van der Waals surface area contributed by atoms with Gasteiger partial charge in [-0.2, -0.15) is 0 Å². The molecule has 5 heteroatoms. The van der Waals surface area contributed by atoms with E-state index in [0.717, 1.165) is 15.9 Å². The van der Waals surface area contributed by atoms with Gasteiger partial charge in [-0.05, 0) is 45.6 Å². The summed E-state index contributed by atoms with van der Waals surface area (Å²) in [7, 11) is 2.01. The Morgan fingerprint density at radius 3 is 2.71 bits per heavy atom. The normalized spacial score (nSPS) is 12.8. The minimum absolute atomic E-state index is 0.354. The Bertz CT molecular complexity index is 532. The summed E-state index contributed by atoms with van der Waals surface area (Å²) in [5.74, 6) is 0. The zero-order chi connectivity index (χ0) is 15.1. The maximum atomic E-state index is 10.0. The second kappa shape index (κ2) is 8.66. The molecule has 0 fully saturated rings. The Hall–Kier alpha value is -0.720. The standard InChI is InChI=1S/C16H20BrNO2S/c1-18(8-14-7-16(17)21-12-14)9-15(19)11-20-10-13-5-3-2-4-6-13/h2-7,12,15,19H,8-11H2,1H3. The molecule has 0 aliphatic rings. The van der Waals surface area contributed by atoms with Crippen molar-refractivity contribution in [1.82, 2.24) is 4.90 Å². The van der Waals surface area contributed by atoms with Crippen LogP contribution in [0.2, 0.25) is 0 Å². The number of halogens is 1. The van der Waals surface area contributed by atoms with Gasteiger partial charge in [0, 0.05) is 13.1 Å². The zero-order valence-electron chi connectivity index (χ0n) is 12.0. The van der Waals surface area contributed by atoms with Crippen LogP contribution in [0.4, 0.5) is 0 Å². The van der Waals surface area contributed by atoms with Crippen LogP contribution in [0.3, 0.4) is 0 Å². The number of thiophene rings is 1. The lowest BCUT2D eigenvalue weighted by atomic mass is 10.2. The smallest absolute Gasteiger partial charge is 0.0900 e. The van der Waals surface area contributed by atoms with E-state index in [2.05, 4.69) is 32.3 Å². The van der Waals surface area contributed by atoms with E-state index >= 15 is 0 Å². The first-order chi connectivity index (χ1) is 10.1. The van der Waals surface area contributed by atoms with E-state index in [1.165, 1.54) is 5.56 Å². The Kier molecular flexibility index (Phi) is 6.86. The quantitative estimate of drug-likeness (QED) is 0.772. The molecule has 0 radical (unpaired) electrons. The number of ether oxygens (including phenoxy) is 1. The molecule has 2 aromatic rings. The summed E-state index contributed by atoms with van der Waals surface area (Å²) in [6, 6.07) is 12.1. The highest BCUT2D eigenvalue weighted by Crippen LogP contribution is 2.21. The molecule has 1 aromatic heterocycles. The Morgan fingerprint density at radius 1 is 1.29 bits per heavy atom. The topological polar surface area (TPSA) is 32.7 Å². The van der Waals surface area contributed by atoms with Crippen LogP contribution in [0.5, 0.6) is 0 Å². The van der Waals surface area contributed by atoms with Crippen molar-refractivity contribution >= 4 is 27.3 Å². The monoisotopic (exact) mass is 369 g/mol. The number of rotatable bonds is 8. The Labute approximate surface area is 138 Å². The molecule has 0 aliphatic carbocycles. The van der Waals surface area contributed by atoms with Gasteiger partial charge in [-0.3, -0.25) is 4.90 Å². The molecule has 0 aliphatic heterocycles. The fourth-order valence-electron chi connectivity index (χ4n) is 2.10. The van der Waals surface area contributed by atoms with E-state index in [1.807, 2.05) is 37.4 Å². The number of benzene rings is 1. The van der Waals surface area contributed by atoms with Crippen LogP contribution in [0.25, 0.3) is 0 Å². The van der Waals surface area contributed by atoms with Crippen LogP contribution < -0.4 is 0 Å². The van der Waals surface area contributed by atoms with Gasteiger partial charge in [0.25, 0.3) is 0 Å². The largest absolute Gasteiger partial charge is 0.389 e. The van der Waals surface area contributed by atoms with Crippen molar-refractivity contribution in [2.24, 2.45) is 0 Å². The van der Waals surface area contributed by atoms with Crippen molar-refractivity contribution in [1.29, 1.82) is 0 Å². The average Bonchev–Trinajstić information content (AvgIpc) is 2.85. The van der Waals surface area contributed by atoms with E-state index in [4.69, 9.17) is 4.74 Å². The van der Waals surface area contributed by atoms with E-state index in [1.54, 1.807) is 11.3 Å². The first kappa shape index (κ1) is 16.6. The fraction of sp³-hybridized carbons (Fsp3) is 0.375. The second-order valence-electron chi connectivity index (χ2n) is 5.11. The summed E-state index contributed by atoms with van der Waals surface area (Å²) in [4.78, 5) is 2.10. The third-order valence-corrected chi connectivity index (χ3v) is 4.57. The fourth-order valence-corrected chi connectivity index (χ4v) is 3.30. The molecule has 1 aromatic carbocycles. The van der Waals surface area contributed by atoms with E-state index in [0.29, 0.717) is 19.8 Å². The second-order valence-corrected chi connectivity index (χ2v) is 7.40. The third-order valence-electron chi connectivity index (χ3n) is 3.02. The molecule has 2 rings (SSSR count). The number of likely N-dealkylation sites (N-methyl/N-ethyl adjacent to an activating group) is 1. The van der Waals surface area contributed by atoms with Crippen LogP contribution in [0.15, 0.2) is 45.6 Å². The van der Waals surface area contributed by atoms with Crippen LogP contribution >= 0.6 is 27.3 Å². The molecule has 21 heavy (non-hydrogen) atoms. The van der Waals surface area contributed by atoms with Crippen LogP contribution in [0.1, 0.15) is 11.1 Å². The molecule has 1 heterocycles. The van der Waals surface area contributed by atoms with Crippen molar-refractivity contribution in [3.8, 4) is 0 Å². The zero-order valence-corrected chi connectivity index (χ0v) is 14.4. The summed E-state index contributed by atoms with van der Waals surface area (Å²) >= 11 is 5.14. The van der Waals surface area contributed by atoms with Crippen LogP contribution in [-0.4, -0.2) is 36.3 Å². The molecule has 1 N–H and O–H groups in total. The van der Waals surface area contributed by atoms with E-state index in [9.17, 15) is 5.11 Å². The minimum Gasteiger partial charge on any atom is -0.389 e. The SMILES string of the molecule is CN(Cc1csc(Br)c1)CC(O)COCc1ccccc1. The first-order valence-corrected chi connectivity index (χ1v) is 8.52. The van der Waals surface area contributed by atoms with Gasteiger partial charge >= 0.3 is 0 Å². The number of hydrogen-bond donors (Lipinski definition) is 1. The van der Waals surface area contributed by atoms with Crippen LogP contribution in [0, 0.1) is 0 Å². The van der Waals surface area contributed by atoms with Crippen molar-refractivity contribution < 1.29 is 9.84 Å².